The highest BCUT2D eigenvalue weighted by atomic mass is 32.2. The average molecular weight is 316 g/mol. The normalized spacial score (nSPS) is 34.2. The van der Waals surface area contributed by atoms with Crippen LogP contribution in [0.4, 0.5) is 0 Å². The van der Waals surface area contributed by atoms with Crippen LogP contribution in [0.5, 0.6) is 0 Å². The lowest BCUT2D eigenvalue weighted by molar-refractivity contribution is 0.109. The number of hydrogen-bond donors (Lipinski definition) is 1. The second-order valence-electron chi connectivity index (χ2n) is 6.80. The van der Waals surface area contributed by atoms with Crippen molar-refractivity contribution in [3.05, 3.63) is 0 Å². The largest absolute Gasteiger partial charge is 0.330 e. The highest BCUT2D eigenvalue weighted by Gasteiger charge is 2.42. The molecule has 0 spiro atoms. The van der Waals surface area contributed by atoms with Crippen LogP contribution in [0.1, 0.15) is 32.6 Å². The van der Waals surface area contributed by atoms with Crippen LogP contribution in [0.15, 0.2) is 0 Å². The van der Waals surface area contributed by atoms with Gasteiger partial charge in [0.2, 0.25) is 0 Å². The molecule has 0 aromatic heterocycles. The van der Waals surface area contributed by atoms with E-state index in [1.54, 1.807) is 8.61 Å². The van der Waals surface area contributed by atoms with Gasteiger partial charge in [-0.3, -0.25) is 4.90 Å². The van der Waals surface area contributed by atoms with Crippen molar-refractivity contribution >= 4 is 10.2 Å². The van der Waals surface area contributed by atoms with E-state index in [4.69, 9.17) is 5.73 Å². The summed E-state index contributed by atoms with van der Waals surface area (Å²) in [5.41, 5.74) is 5.70. The maximum absolute atomic E-state index is 12.9. The fraction of sp³-hybridized carbons (Fsp3) is 1.00. The van der Waals surface area contributed by atoms with Gasteiger partial charge in [-0.15, -0.1) is 0 Å². The zero-order valence-electron chi connectivity index (χ0n) is 12.9. The van der Waals surface area contributed by atoms with E-state index in [2.05, 4.69) is 4.90 Å². The number of rotatable bonds is 3. The molecule has 0 radical (unpaired) electrons. The van der Waals surface area contributed by atoms with Crippen molar-refractivity contribution in [1.82, 2.24) is 13.5 Å². The Morgan fingerprint density at radius 3 is 2.48 bits per heavy atom. The van der Waals surface area contributed by atoms with Crippen LogP contribution in [0.3, 0.4) is 0 Å². The molecular weight excluding hydrogens is 288 g/mol. The second-order valence-corrected chi connectivity index (χ2v) is 8.68. The molecule has 21 heavy (non-hydrogen) atoms. The van der Waals surface area contributed by atoms with Crippen molar-refractivity contribution in [3.63, 3.8) is 0 Å². The summed E-state index contributed by atoms with van der Waals surface area (Å²) in [6.07, 6.45) is 4.13. The number of nitrogens with zero attached hydrogens (tertiary/aromatic N) is 3. The molecule has 0 aromatic carbocycles. The Morgan fingerprint density at radius 1 is 1.10 bits per heavy atom. The lowest BCUT2D eigenvalue weighted by atomic mass is 9.99. The number of piperidine rings is 1. The molecule has 122 valence electrons. The summed E-state index contributed by atoms with van der Waals surface area (Å²) in [5, 5.41) is 0. The van der Waals surface area contributed by atoms with Crippen LogP contribution in [0.2, 0.25) is 0 Å². The molecule has 7 heteroatoms. The van der Waals surface area contributed by atoms with Crippen LogP contribution in [-0.2, 0) is 10.2 Å². The summed E-state index contributed by atoms with van der Waals surface area (Å²) in [6.45, 7) is 6.64. The second kappa shape index (κ2) is 6.12. The minimum absolute atomic E-state index is 0.0802. The van der Waals surface area contributed by atoms with Gasteiger partial charge in [0.15, 0.2) is 0 Å². The molecule has 0 amide bonds. The monoisotopic (exact) mass is 316 g/mol. The minimum Gasteiger partial charge on any atom is -0.330 e. The summed E-state index contributed by atoms with van der Waals surface area (Å²) in [5.74, 6) is 0.487. The highest BCUT2D eigenvalue weighted by molar-refractivity contribution is 7.86. The van der Waals surface area contributed by atoms with Gasteiger partial charge in [-0.25, -0.2) is 0 Å². The molecule has 3 rings (SSSR count). The van der Waals surface area contributed by atoms with Crippen LogP contribution in [0, 0.1) is 5.92 Å². The van der Waals surface area contributed by atoms with E-state index in [1.165, 1.54) is 6.42 Å². The number of nitrogens with two attached hydrogens (primary N) is 1. The molecule has 2 atom stereocenters. The van der Waals surface area contributed by atoms with Crippen LogP contribution in [-0.4, -0.2) is 73.3 Å². The molecule has 0 aromatic rings. The summed E-state index contributed by atoms with van der Waals surface area (Å²) >= 11 is 0. The smallest absolute Gasteiger partial charge is 0.282 e. The van der Waals surface area contributed by atoms with Gasteiger partial charge in [0.25, 0.3) is 10.2 Å². The van der Waals surface area contributed by atoms with E-state index in [0.29, 0.717) is 38.1 Å². The van der Waals surface area contributed by atoms with E-state index in [-0.39, 0.29) is 6.04 Å². The molecule has 6 nitrogen and oxygen atoms in total. The van der Waals surface area contributed by atoms with E-state index in [1.807, 2.05) is 6.92 Å². The van der Waals surface area contributed by atoms with Crippen molar-refractivity contribution in [2.45, 2.75) is 44.7 Å². The van der Waals surface area contributed by atoms with Gasteiger partial charge in [0, 0.05) is 38.3 Å². The molecule has 3 heterocycles. The standard InChI is InChI=1S/C14H28N4O2S/c1-12-10-16-6-2-3-14(16)11-18(12)21(19,20)17-7-4-13(9-15)5-8-17/h12-14H,2-11,15H2,1H3. The molecule has 0 bridgehead atoms. The Bertz CT molecular complexity index is 462. The number of fused-ring (bicyclic) bond motifs is 1. The van der Waals surface area contributed by atoms with Gasteiger partial charge in [-0.1, -0.05) is 0 Å². The third kappa shape index (κ3) is 2.99. The molecule has 3 fully saturated rings. The van der Waals surface area contributed by atoms with Gasteiger partial charge < -0.3 is 5.73 Å². The van der Waals surface area contributed by atoms with E-state index in [0.717, 1.165) is 32.4 Å². The first-order valence-electron chi connectivity index (χ1n) is 8.23. The van der Waals surface area contributed by atoms with E-state index < -0.39 is 10.2 Å². The Balaban J connectivity index is 1.69. The predicted molar refractivity (Wildman–Crippen MR) is 83.0 cm³/mol. The zero-order chi connectivity index (χ0) is 15.0. The lowest BCUT2D eigenvalue weighted by Crippen LogP contribution is -2.60. The topological polar surface area (TPSA) is 69.9 Å². The maximum atomic E-state index is 12.9. The Labute approximate surface area is 128 Å². The average Bonchev–Trinajstić information content (AvgIpc) is 2.93. The number of hydrogen-bond acceptors (Lipinski definition) is 4. The number of piperazine rings is 1. The van der Waals surface area contributed by atoms with Crippen molar-refractivity contribution in [2.75, 3.05) is 39.3 Å². The zero-order valence-corrected chi connectivity index (χ0v) is 13.8. The van der Waals surface area contributed by atoms with Gasteiger partial charge in [-0.05, 0) is 51.6 Å². The van der Waals surface area contributed by atoms with Gasteiger partial charge >= 0.3 is 0 Å². The molecule has 2 unspecified atom stereocenters. The fourth-order valence-electron chi connectivity index (χ4n) is 4.01. The molecule has 0 saturated carbocycles. The molecule has 0 aliphatic carbocycles. The molecular formula is C14H28N4O2S. The first-order valence-corrected chi connectivity index (χ1v) is 9.63. The quantitative estimate of drug-likeness (QED) is 0.800. The van der Waals surface area contributed by atoms with Crippen molar-refractivity contribution in [3.8, 4) is 0 Å². The fourth-order valence-corrected chi connectivity index (χ4v) is 5.86. The Morgan fingerprint density at radius 2 is 1.81 bits per heavy atom. The Hall–Kier alpha value is -0.210. The third-order valence-corrected chi connectivity index (χ3v) is 7.53. The third-order valence-electron chi connectivity index (χ3n) is 5.41. The first kappa shape index (κ1) is 15.7. The predicted octanol–water partition coefficient (Wildman–Crippen LogP) is 0.0704. The maximum Gasteiger partial charge on any atom is 0.282 e. The minimum atomic E-state index is -3.31. The van der Waals surface area contributed by atoms with Crippen molar-refractivity contribution in [1.29, 1.82) is 0 Å². The van der Waals surface area contributed by atoms with Crippen LogP contribution >= 0.6 is 0 Å². The molecule has 2 N–H and O–H groups in total. The first-order chi connectivity index (χ1) is 10.0. The summed E-state index contributed by atoms with van der Waals surface area (Å²) in [6, 6.07) is 0.508. The molecule has 3 saturated heterocycles. The van der Waals surface area contributed by atoms with Crippen molar-refractivity contribution < 1.29 is 8.42 Å². The summed E-state index contributed by atoms with van der Waals surface area (Å²) in [4.78, 5) is 2.46. The summed E-state index contributed by atoms with van der Waals surface area (Å²) < 4.78 is 29.3. The van der Waals surface area contributed by atoms with Gasteiger partial charge in [-0.2, -0.15) is 17.0 Å². The van der Waals surface area contributed by atoms with Crippen molar-refractivity contribution in [2.24, 2.45) is 11.7 Å². The molecule has 3 aliphatic rings. The lowest BCUT2D eigenvalue weighted by Gasteiger charge is -2.44. The SMILES string of the molecule is CC1CN2CCCC2CN1S(=O)(=O)N1CCC(CN)CC1. The van der Waals surface area contributed by atoms with Crippen LogP contribution in [0.25, 0.3) is 0 Å². The highest BCUT2D eigenvalue weighted by Crippen LogP contribution is 2.29. The summed E-state index contributed by atoms with van der Waals surface area (Å²) in [7, 11) is -3.31. The van der Waals surface area contributed by atoms with Crippen LogP contribution < -0.4 is 5.73 Å². The van der Waals surface area contributed by atoms with E-state index >= 15 is 0 Å². The Kier molecular flexibility index (Phi) is 4.57. The molecule has 3 aliphatic heterocycles. The van der Waals surface area contributed by atoms with Gasteiger partial charge in [0.05, 0.1) is 0 Å². The van der Waals surface area contributed by atoms with Gasteiger partial charge in [0.1, 0.15) is 0 Å². The van der Waals surface area contributed by atoms with E-state index in [9.17, 15) is 8.42 Å².